The number of halogens is 3. The van der Waals surface area contributed by atoms with Gasteiger partial charge in [0.2, 0.25) is 17.6 Å². The number of alkyl halides is 3. The first-order valence-electron chi connectivity index (χ1n) is 13.8. The number of carbonyl (C=O) groups excluding carboxylic acids is 1. The lowest BCUT2D eigenvalue weighted by Crippen LogP contribution is -2.51. The summed E-state index contributed by atoms with van der Waals surface area (Å²) in [7, 11) is 0. The van der Waals surface area contributed by atoms with Crippen LogP contribution < -0.4 is 4.90 Å². The summed E-state index contributed by atoms with van der Waals surface area (Å²) in [4.78, 5) is 23.8. The van der Waals surface area contributed by atoms with Crippen LogP contribution in [-0.2, 0) is 22.9 Å². The number of piperidine rings is 1. The molecule has 10 heteroatoms. The lowest BCUT2D eigenvalue weighted by Gasteiger charge is -2.39. The first-order chi connectivity index (χ1) is 19.0. The van der Waals surface area contributed by atoms with Crippen molar-refractivity contribution in [3.63, 3.8) is 0 Å². The van der Waals surface area contributed by atoms with Crippen LogP contribution in [0.3, 0.4) is 0 Å². The molecule has 0 N–H and O–H groups in total. The normalized spacial score (nSPS) is 17.9. The molecule has 40 heavy (non-hydrogen) atoms. The number of rotatable bonds is 5. The Morgan fingerprint density at radius 2 is 1.60 bits per heavy atom. The second-order valence-electron chi connectivity index (χ2n) is 11.7. The molecular weight excluding hydrogens is 519 g/mol. The topological polar surface area (TPSA) is 65.7 Å². The van der Waals surface area contributed by atoms with Crippen molar-refractivity contribution in [2.75, 3.05) is 44.2 Å². The number of amides is 1. The van der Waals surface area contributed by atoms with Crippen LogP contribution in [0.1, 0.15) is 50.6 Å². The average Bonchev–Trinajstić information content (AvgIpc) is 3.41. The van der Waals surface area contributed by atoms with Crippen LogP contribution in [0.2, 0.25) is 0 Å². The van der Waals surface area contributed by atoms with Gasteiger partial charge >= 0.3 is 6.18 Å². The molecule has 0 atom stereocenters. The molecule has 2 aliphatic heterocycles. The summed E-state index contributed by atoms with van der Waals surface area (Å²) >= 11 is 0. The number of aromatic nitrogens is 2. The number of likely N-dealkylation sites (tertiary alicyclic amines) is 1. The minimum absolute atomic E-state index is 0.0454. The highest BCUT2D eigenvalue weighted by molar-refractivity contribution is 5.79. The zero-order valence-corrected chi connectivity index (χ0v) is 23.2. The molecule has 214 valence electrons. The van der Waals surface area contributed by atoms with Gasteiger partial charge in [-0.05, 0) is 55.1 Å². The van der Waals surface area contributed by atoms with E-state index in [9.17, 15) is 18.0 Å². The molecule has 2 fully saturated rings. The highest BCUT2D eigenvalue weighted by Crippen LogP contribution is 2.32. The Labute approximate surface area is 232 Å². The number of benzene rings is 2. The first-order valence-corrected chi connectivity index (χ1v) is 13.8. The quantitative estimate of drug-likeness (QED) is 0.408. The second-order valence-corrected chi connectivity index (χ2v) is 11.7. The molecule has 0 bridgehead atoms. The minimum atomic E-state index is -4.37. The SMILES string of the molecule is CC(C)(C)c1ccc(-c2noc(CN3CCC(C(=O)N4CCN(c5cccc(C(F)(F)F)c5)CC4)CC3)n2)cc1. The first kappa shape index (κ1) is 28.1. The van der Waals surface area contributed by atoms with Gasteiger partial charge in [0.05, 0.1) is 12.1 Å². The van der Waals surface area contributed by atoms with Crippen LogP contribution >= 0.6 is 0 Å². The molecule has 3 aromatic rings. The van der Waals surface area contributed by atoms with Gasteiger partial charge in [-0.3, -0.25) is 9.69 Å². The summed E-state index contributed by atoms with van der Waals surface area (Å²) in [5.41, 5.74) is 2.13. The molecule has 1 aromatic heterocycles. The summed E-state index contributed by atoms with van der Waals surface area (Å²) in [6.45, 7) is 10.7. The highest BCUT2D eigenvalue weighted by Gasteiger charge is 2.33. The van der Waals surface area contributed by atoms with Crippen molar-refractivity contribution < 1.29 is 22.5 Å². The Hall–Kier alpha value is -3.40. The largest absolute Gasteiger partial charge is 0.416 e. The fraction of sp³-hybridized carbons (Fsp3) is 0.500. The van der Waals surface area contributed by atoms with Crippen LogP contribution in [0.15, 0.2) is 53.1 Å². The minimum Gasteiger partial charge on any atom is -0.368 e. The van der Waals surface area contributed by atoms with E-state index in [2.05, 4.69) is 47.9 Å². The van der Waals surface area contributed by atoms with Gasteiger partial charge in [-0.15, -0.1) is 0 Å². The number of nitrogens with zero attached hydrogens (tertiary/aromatic N) is 5. The molecule has 0 radical (unpaired) electrons. The van der Waals surface area contributed by atoms with Gasteiger partial charge in [-0.1, -0.05) is 56.3 Å². The Balaban J connectivity index is 1.09. The number of anilines is 1. The predicted molar refractivity (Wildman–Crippen MR) is 147 cm³/mol. The van der Waals surface area contributed by atoms with Crippen molar-refractivity contribution in [1.82, 2.24) is 19.9 Å². The predicted octanol–water partition coefficient (Wildman–Crippen LogP) is 5.61. The molecular formula is C30H36F3N5O2. The van der Waals surface area contributed by atoms with Crippen molar-refractivity contribution in [3.05, 3.63) is 65.5 Å². The van der Waals surface area contributed by atoms with Crippen molar-refractivity contribution >= 4 is 11.6 Å². The molecule has 3 heterocycles. The number of hydrogen-bond donors (Lipinski definition) is 0. The van der Waals surface area contributed by atoms with Gasteiger partial charge in [0.25, 0.3) is 0 Å². The Morgan fingerprint density at radius 3 is 2.23 bits per heavy atom. The van der Waals surface area contributed by atoms with Crippen LogP contribution in [0.5, 0.6) is 0 Å². The molecule has 1 amide bonds. The van der Waals surface area contributed by atoms with Crippen LogP contribution in [-0.4, -0.2) is 65.1 Å². The van der Waals surface area contributed by atoms with Gasteiger partial charge in [-0.2, -0.15) is 18.2 Å². The van der Waals surface area contributed by atoms with Gasteiger partial charge in [0, 0.05) is 43.3 Å². The fourth-order valence-electron chi connectivity index (χ4n) is 5.41. The van der Waals surface area contributed by atoms with Crippen molar-refractivity contribution in [2.45, 2.75) is 51.7 Å². The maximum atomic E-state index is 13.2. The van der Waals surface area contributed by atoms with Gasteiger partial charge in [0.1, 0.15) is 0 Å². The average molecular weight is 556 g/mol. The lowest BCUT2D eigenvalue weighted by molar-refractivity contribution is -0.138. The van der Waals surface area contributed by atoms with Gasteiger partial charge < -0.3 is 14.3 Å². The summed E-state index contributed by atoms with van der Waals surface area (Å²) < 4.78 is 44.8. The molecule has 7 nitrogen and oxygen atoms in total. The third kappa shape index (κ3) is 6.49. The number of carbonyl (C=O) groups is 1. The molecule has 2 aliphatic rings. The van der Waals surface area contributed by atoms with E-state index in [1.807, 2.05) is 21.9 Å². The van der Waals surface area contributed by atoms with Gasteiger partial charge in [-0.25, -0.2) is 0 Å². The second kappa shape index (κ2) is 11.2. The molecule has 2 aromatic carbocycles. The molecule has 0 saturated carbocycles. The van der Waals surface area contributed by atoms with Crippen molar-refractivity contribution in [1.29, 1.82) is 0 Å². The third-order valence-corrected chi connectivity index (χ3v) is 7.90. The molecule has 0 aliphatic carbocycles. The van der Waals surface area contributed by atoms with Crippen molar-refractivity contribution in [2.24, 2.45) is 5.92 Å². The summed E-state index contributed by atoms with van der Waals surface area (Å²) in [5.74, 6) is 1.23. The van der Waals surface area contributed by atoms with Crippen LogP contribution in [0.4, 0.5) is 18.9 Å². The fourth-order valence-corrected chi connectivity index (χ4v) is 5.41. The summed E-state index contributed by atoms with van der Waals surface area (Å²) in [5, 5.41) is 4.16. The lowest BCUT2D eigenvalue weighted by atomic mass is 9.87. The molecule has 0 unspecified atom stereocenters. The van der Waals surface area contributed by atoms with E-state index in [1.165, 1.54) is 17.7 Å². The van der Waals surface area contributed by atoms with E-state index in [1.54, 1.807) is 6.07 Å². The van der Waals surface area contributed by atoms with E-state index in [0.717, 1.165) is 37.6 Å². The van der Waals surface area contributed by atoms with Crippen LogP contribution in [0, 0.1) is 5.92 Å². The zero-order chi connectivity index (χ0) is 28.5. The van der Waals surface area contributed by atoms with E-state index < -0.39 is 11.7 Å². The Kier molecular flexibility index (Phi) is 7.90. The van der Waals surface area contributed by atoms with Crippen molar-refractivity contribution in [3.8, 4) is 11.4 Å². The molecule has 5 rings (SSSR count). The van der Waals surface area contributed by atoms with Gasteiger partial charge in [0.15, 0.2) is 0 Å². The van der Waals surface area contributed by atoms with E-state index in [0.29, 0.717) is 50.1 Å². The smallest absolute Gasteiger partial charge is 0.368 e. The Bertz CT molecular complexity index is 1300. The summed E-state index contributed by atoms with van der Waals surface area (Å²) in [6, 6.07) is 13.6. The van der Waals surface area contributed by atoms with E-state index in [4.69, 9.17) is 4.52 Å². The highest BCUT2D eigenvalue weighted by atomic mass is 19.4. The zero-order valence-electron chi connectivity index (χ0n) is 23.2. The Morgan fingerprint density at radius 1 is 0.925 bits per heavy atom. The monoisotopic (exact) mass is 555 g/mol. The third-order valence-electron chi connectivity index (χ3n) is 7.90. The number of hydrogen-bond acceptors (Lipinski definition) is 6. The standard InChI is InChI=1S/C30H36F3N5O2/c1-29(2,3)23-9-7-21(8-10-23)27-34-26(40-35-27)20-36-13-11-22(12-14-36)28(39)38-17-15-37(16-18-38)25-6-4-5-24(19-25)30(31,32)33/h4-10,19,22H,11-18,20H2,1-3H3. The maximum absolute atomic E-state index is 13.2. The number of piperazine rings is 1. The van der Waals surface area contributed by atoms with E-state index in [-0.39, 0.29) is 17.2 Å². The molecule has 2 saturated heterocycles. The molecule has 0 spiro atoms. The van der Waals surface area contributed by atoms with Crippen LogP contribution in [0.25, 0.3) is 11.4 Å². The maximum Gasteiger partial charge on any atom is 0.416 e. The summed E-state index contributed by atoms with van der Waals surface area (Å²) in [6.07, 6.45) is -2.86. The van der Waals surface area contributed by atoms with E-state index >= 15 is 0 Å².